The fourth-order valence-electron chi connectivity index (χ4n) is 4.21. The lowest BCUT2D eigenvalue weighted by atomic mass is 9.94. The lowest BCUT2D eigenvalue weighted by Crippen LogP contribution is -2.62. The largest absolute Gasteiger partial charge is 0.379 e. The second-order valence-corrected chi connectivity index (χ2v) is 8.28. The minimum absolute atomic E-state index is 0.00331. The average molecular weight is 340 g/mol. The molecule has 1 spiro atoms. The van der Waals surface area contributed by atoms with Gasteiger partial charge in [-0.3, -0.25) is 0 Å². The summed E-state index contributed by atoms with van der Waals surface area (Å²) in [5, 5.41) is 3.08. The molecular weight excluding hydrogens is 308 g/mol. The van der Waals surface area contributed by atoms with Crippen LogP contribution in [-0.4, -0.2) is 67.2 Å². The van der Waals surface area contributed by atoms with Crippen molar-refractivity contribution in [2.45, 2.75) is 76.2 Å². The summed E-state index contributed by atoms with van der Waals surface area (Å²) >= 11 is 0. The molecule has 0 aromatic rings. The molecule has 1 N–H and O–H groups in total. The highest BCUT2D eigenvalue weighted by molar-refractivity contribution is 5.74. The van der Waals surface area contributed by atoms with Gasteiger partial charge in [0.15, 0.2) is 0 Å². The van der Waals surface area contributed by atoms with Gasteiger partial charge in [0.25, 0.3) is 0 Å². The van der Waals surface area contributed by atoms with E-state index in [9.17, 15) is 4.79 Å². The Labute approximate surface area is 145 Å². The topological polar surface area (TPSA) is 60.0 Å². The van der Waals surface area contributed by atoms with Gasteiger partial charge >= 0.3 is 6.03 Å². The molecule has 2 atom stereocenters. The van der Waals surface area contributed by atoms with Gasteiger partial charge < -0.3 is 24.4 Å². The quantitative estimate of drug-likeness (QED) is 0.853. The zero-order valence-electron chi connectivity index (χ0n) is 15.3. The smallest absolute Gasteiger partial charge is 0.317 e. The third-order valence-electron chi connectivity index (χ3n) is 5.19. The van der Waals surface area contributed by atoms with Gasteiger partial charge in [0.05, 0.1) is 49.7 Å². The van der Waals surface area contributed by atoms with Crippen LogP contribution >= 0.6 is 0 Å². The summed E-state index contributed by atoms with van der Waals surface area (Å²) in [7, 11) is 0. The highest BCUT2D eigenvalue weighted by atomic mass is 16.5. The number of ether oxygens (including phenoxy) is 3. The number of amides is 2. The fourth-order valence-corrected chi connectivity index (χ4v) is 4.21. The molecule has 1 saturated carbocycles. The molecule has 0 unspecified atom stereocenters. The van der Waals surface area contributed by atoms with Crippen molar-refractivity contribution >= 4 is 6.03 Å². The minimum Gasteiger partial charge on any atom is -0.379 e. The van der Waals surface area contributed by atoms with Gasteiger partial charge in [0, 0.05) is 6.61 Å². The Morgan fingerprint density at radius 3 is 2.75 bits per heavy atom. The standard InChI is InChI=1S/C18H32N2O4/c1-14(10-23-15-6-9-22-11-15)19-16(21)20-12-17(2,3)24-18(13-20)7-4-5-8-18/h14-15H,4-13H2,1-3H3,(H,19,21)/t14-,15-/m0/s1. The molecule has 2 amide bonds. The van der Waals surface area contributed by atoms with Crippen molar-refractivity contribution in [1.82, 2.24) is 10.2 Å². The highest BCUT2D eigenvalue weighted by Crippen LogP contribution is 2.40. The van der Waals surface area contributed by atoms with Gasteiger partial charge in [-0.05, 0) is 40.0 Å². The van der Waals surface area contributed by atoms with Gasteiger partial charge in [-0.1, -0.05) is 12.8 Å². The molecule has 3 rings (SSSR count). The fraction of sp³-hybridized carbons (Fsp3) is 0.944. The van der Waals surface area contributed by atoms with Crippen LogP contribution in [0, 0.1) is 0 Å². The Hall–Kier alpha value is -0.850. The first-order chi connectivity index (χ1) is 11.4. The van der Waals surface area contributed by atoms with Crippen LogP contribution in [0.5, 0.6) is 0 Å². The molecule has 0 radical (unpaired) electrons. The maximum absolute atomic E-state index is 12.7. The molecule has 2 heterocycles. The molecule has 0 aromatic heterocycles. The molecule has 2 saturated heterocycles. The maximum atomic E-state index is 12.7. The van der Waals surface area contributed by atoms with E-state index in [4.69, 9.17) is 14.2 Å². The number of hydrogen-bond donors (Lipinski definition) is 1. The van der Waals surface area contributed by atoms with Crippen LogP contribution in [0.4, 0.5) is 4.79 Å². The number of rotatable bonds is 4. The summed E-state index contributed by atoms with van der Waals surface area (Å²) in [6, 6.07) is -0.0139. The molecule has 6 heteroatoms. The van der Waals surface area contributed by atoms with E-state index >= 15 is 0 Å². The number of nitrogens with zero attached hydrogens (tertiary/aromatic N) is 1. The van der Waals surface area contributed by atoms with Crippen LogP contribution in [0.25, 0.3) is 0 Å². The van der Waals surface area contributed by atoms with Crippen molar-refractivity contribution in [1.29, 1.82) is 0 Å². The predicted octanol–water partition coefficient (Wildman–Crippen LogP) is 2.31. The van der Waals surface area contributed by atoms with E-state index in [1.807, 2.05) is 11.8 Å². The molecule has 3 fully saturated rings. The number of urea groups is 1. The van der Waals surface area contributed by atoms with E-state index in [1.165, 1.54) is 12.8 Å². The van der Waals surface area contributed by atoms with Gasteiger partial charge in [-0.2, -0.15) is 0 Å². The van der Waals surface area contributed by atoms with Gasteiger partial charge in [0.1, 0.15) is 0 Å². The number of carbonyl (C=O) groups is 1. The minimum atomic E-state index is -0.291. The van der Waals surface area contributed by atoms with Crippen molar-refractivity contribution in [2.24, 2.45) is 0 Å². The van der Waals surface area contributed by atoms with Crippen molar-refractivity contribution in [2.75, 3.05) is 32.9 Å². The summed E-state index contributed by atoms with van der Waals surface area (Å²) in [4.78, 5) is 14.6. The molecule has 138 valence electrons. The third-order valence-corrected chi connectivity index (χ3v) is 5.19. The second kappa shape index (κ2) is 7.18. The third kappa shape index (κ3) is 4.41. The van der Waals surface area contributed by atoms with Gasteiger partial charge in [-0.15, -0.1) is 0 Å². The molecule has 24 heavy (non-hydrogen) atoms. The first-order valence-corrected chi connectivity index (χ1v) is 9.33. The number of carbonyl (C=O) groups excluding carboxylic acids is 1. The summed E-state index contributed by atoms with van der Waals surface area (Å²) < 4.78 is 17.5. The van der Waals surface area contributed by atoms with E-state index in [-0.39, 0.29) is 29.4 Å². The summed E-state index contributed by atoms with van der Waals surface area (Å²) in [6.07, 6.45) is 5.62. The number of hydrogen-bond acceptors (Lipinski definition) is 4. The molecule has 6 nitrogen and oxygen atoms in total. The van der Waals surface area contributed by atoms with E-state index in [1.54, 1.807) is 0 Å². The summed E-state index contributed by atoms with van der Waals surface area (Å²) in [6.45, 7) is 9.45. The molecule has 1 aliphatic carbocycles. The zero-order valence-corrected chi connectivity index (χ0v) is 15.3. The van der Waals surface area contributed by atoms with Crippen LogP contribution < -0.4 is 5.32 Å². The van der Waals surface area contributed by atoms with E-state index < -0.39 is 0 Å². The Morgan fingerprint density at radius 2 is 2.08 bits per heavy atom. The van der Waals surface area contributed by atoms with E-state index in [2.05, 4.69) is 19.2 Å². The molecular formula is C18H32N2O4. The second-order valence-electron chi connectivity index (χ2n) is 8.28. The van der Waals surface area contributed by atoms with Crippen LogP contribution in [0.3, 0.4) is 0 Å². The SMILES string of the molecule is C[C@@H](CO[C@H]1CCOC1)NC(=O)N1CC(C)(C)OC2(CCCC2)C1. The predicted molar refractivity (Wildman–Crippen MR) is 91.1 cm³/mol. The summed E-state index contributed by atoms with van der Waals surface area (Å²) in [5.74, 6) is 0. The van der Waals surface area contributed by atoms with Crippen LogP contribution in [0.2, 0.25) is 0 Å². The van der Waals surface area contributed by atoms with Crippen LogP contribution in [-0.2, 0) is 14.2 Å². The Bertz CT molecular complexity index is 442. The number of morpholine rings is 1. The van der Waals surface area contributed by atoms with E-state index in [0.29, 0.717) is 26.3 Å². The molecule has 0 bridgehead atoms. The normalized spacial score (nSPS) is 29.8. The first-order valence-electron chi connectivity index (χ1n) is 9.33. The Balaban J connectivity index is 1.51. The van der Waals surface area contributed by atoms with Crippen molar-refractivity contribution in [3.8, 4) is 0 Å². The van der Waals surface area contributed by atoms with Crippen LogP contribution in [0.1, 0.15) is 52.9 Å². The monoisotopic (exact) mass is 340 g/mol. The van der Waals surface area contributed by atoms with Crippen molar-refractivity contribution in [3.05, 3.63) is 0 Å². The van der Waals surface area contributed by atoms with Crippen LogP contribution in [0.15, 0.2) is 0 Å². The van der Waals surface area contributed by atoms with Crippen molar-refractivity contribution < 1.29 is 19.0 Å². The van der Waals surface area contributed by atoms with E-state index in [0.717, 1.165) is 25.9 Å². The Kier molecular flexibility index (Phi) is 5.37. The lowest BCUT2D eigenvalue weighted by molar-refractivity contribution is -0.184. The number of nitrogens with one attached hydrogen (secondary N) is 1. The van der Waals surface area contributed by atoms with Gasteiger partial charge in [-0.25, -0.2) is 4.79 Å². The maximum Gasteiger partial charge on any atom is 0.317 e. The lowest BCUT2D eigenvalue weighted by Gasteiger charge is -2.48. The average Bonchev–Trinajstić information content (AvgIpc) is 3.15. The zero-order chi connectivity index (χ0) is 17.2. The van der Waals surface area contributed by atoms with Crippen molar-refractivity contribution in [3.63, 3.8) is 0 Å². The Morgan fingerprint density at radius 1 is 1.33 bits per heavy atom. The summed E-state index contributed by atoms with van der Waals surface area (Å²) in [5.41, 5.74) is -0.430. The van der Waals surface area contributed by atoms with Gasteiger partial charge in [0.2, 0.25) is 0 Å². The highest BCUT2D eigenvalue weighted by Gasteiger charge is 2.47. The molecule has 2 aliphatic heterocycles. The first kappa shape index (κ1) is 18.0. The molecule has 3 aliphatic rings. The molecule has 0 aromatic carbocycles.